The Morgan fingerprint density at radius 3 is 2.83 bits per heavy atom. The fraction of sp³-hybridized carbons (Fsp3) is 0.500. The third kappa shape index (κ3) is 3.14. The van der Waals surface area contributed by atoms with Crippen molar-refractivity contribution in [2.45, 2.75) is 25.8 Å². The highest BCUT2D eigenvalue weighted by Gasteiger charge is 2.15. The second-order valence-electron chi connectivity index (χ2n) is 4.97. The lowest BCUT2D eigenvalue weighted by atomic mass is 10.1. The minimum Gasteiger partial charge on any atom is -0.399 e. The molecule has 1 atom stereocenters. The van der Waals surface area contributed by atoms with E-state index in [0.29, 0.717) is 17.3 Å². The van der Waals surface area contributed by atoms with Gasteiger partial charge in [-0.1, -0.05) is 0 Å². The Balaban J connectivity index is 1.98. The first-order chi connectivity index (χ1) is 8.69. The van der Waals surface area contributed by atoms with Crippen molar-refractivity contribution in [1.29, 1.82) is 5.26 Å². The van der Waals surface area contributed by atoms with Crippen molar-refractivity contribution in [1.82, 2.24) is 4.90 Å². The number of benzene rings is 1. The van der Waals surface area contributed by atoms with Crippen LogP contribution in [0, 0.1) is 11.3 Å². The largest absolute Gasteiger partial charge is 0.399 e. The van der Waals surface area contributed by atoms with Crippen LogP contribution in [0.1, 0.15) is 25.3 Å². The van der Waals surface area contributed by atoms with Gasteiger partial charge in [0.25, 0.3) is 0 Å². The Hall–Kier alpha value is -1.73. The maximum Gasteiger partial charge on any atom is 0.101 e. The molecule has 0 amide bonds. The number of likely N-dealkylation sites (tertiary alicyclic amines) is 1. The molecule has 1 aromatic rings. The summed E-state index contributed by atoms with van der Waals surface area (Å²) >= 11 is 0. The third-order valence-electron chi connectivity index (χ3n) is 3.30. The molecule has 1 aliphatic heterocycles. The lowest BCUT2D eigenvalue weighted by Gasteiger charge is -2.22. The van der Waals surface area contributed by atoms with Gasteiger partial charge in [-0.05, 0) is 51.1 Å². The van der Waals surface area contributed by atoms with Crippen molar-refractivity contribution >= 4 is 11.4 Å². The minimum absolute atomic E-state index is 0.332. The Labute approximate surface area is 108 Å². The number of nitrogen functional groups attached to an aromatic ring is 1. The number of nitrogens with one attached hydrogen (secondary N) is 1. The maximum absolute atomic E-state index is 9.08. The van der Waals surface area contributed by atoms with Gasteiger partial charge in [-0.25, -0.2) is 0 Å². The summed E-state index contributed by atoms with van der Waals surface area (Å²) in [6.07, 6.45) is 2.61. The van der Waals surface area contributed by atoms with Crippen LogP contribution in [0.4, 0.5) is 11.4 Å². The molecule has 1 aliphatic rings. The highest BCUT2D eigenvalue weighted by molar-refractivity contribution is 5.63. The van der Waals surface area contributed by atoms with Gasteiger partial charge in [0.15, 0.2) is 0 Å². The van der Waals surface area contributed by atoms with Gasteiger partial charge < -0.3 is 16.0 Å². The summed E-state index contributed by atoms with van der Waals surface area (Å²) in [5, 5.41) is 12.5. The summed E-state index contributed by atoms with van der Waals surface area (Å²) in [7, 11) is 0. The molecular weight excluding hydrogens is 224 g/mol. The summed E-state index contributed by atoms with van der Waals surface area (Å²) < 4.78 is 0. The first-order valence-electron chi connectivity index (χ1n) is 6.47. The Bertz CT molecular complexity index is 444. The van der Waals surface area contributed by atoms with Crippen molar-refractivity contribution in [3.05, 3.63) is 23.8 Å². The number of nitrogens with two attached hydrogens (primary N) is 1. The van der Waals surface area contributed by atoms with Crippen molar-refractivity contribution < 1.29 is 0 Å². The quantitative estimate of drug-likeness (QED) is 0.795. The van der Waals surface area contributed by atoms with Gasteiger partial charge in [0.05, 0.1) is 11.3 Å². The van der Waals surface area contributed by atoms with Crippen LogP contribution in [-0.2, 0) is 0 Å². The second-order valence-corrected chi connectivity index (χ2v) is 4.97. The molecule has 1 saturated heterocycles. The van der Waals surface area contributed by atoms with E-state index in [-0.39, 0.29) is 0 Å². The van der Waals surface area contributed by atoms with Crippen LogP contribution in [0.3, 0.4) is 0 Å². The number of nitriles is 1. The number of hydrogen-bond donors (Lipinski definition) is 2. The van der Waals surface area contributed by atoms with Gasteiger partial charge in [0.1, 0.15) is 6.07 Å². The molecule has 1 fully saturated rings. The first-order valence-corrected chi connectivity index (χ1v) is 6.47. The summed E-state index contributed by atoms with van der Waals surface area (Å²) in [5.41, 5.74) is 7.80. The molecule has 0 saturated carbocycles. The number of nitrogens with zero attached hydrogens (tertiary/aromatic N) is 2. The molecule has 0 spiro atoms. The van der Waals surface area contributed by atoms with E-state index in [9.17, 15) is 0 Å². The Morgan fingerprint density at radius 1 is 1.44 bits per heavy atom. The molecule has 0 radical (unpaired) electrons. The van der Waals surface area contributed by atoms with Crippen LogP contribution in [0.5, 0.6) is 0 Å². The lowest BCUT2D eigenvalue weighted by Crippen LogP contribution is -2.33. The molecule has 1 aromatic carbocycles. The van der Waals surface area contributed by atoms with Gasteiger partial charge in [0.2, 0.25) is 0 Å². The minimum atomic E-state index is 0.332. The molecule has 0 bridgehead atoms. The van der Waals surface area contributed by atoms with Crippen LogP contribution < -0.4 is 11.1 Å². The molecule has 4 heteroatoms. The second kappa shape index (κ2) is 5.74. The van der Waals surface area contributed by atoms with E-state index in [1.165, 1.54) is 25.9 Å². The van der Waals surface area contributed by atoms with E-state index in [1.807, 2.05) is 12.1 Å². The molecule has 3 N–H and O–H groups in total. The molecule has 0 aliphatic carbocycles. The average Bonchev–Trinajstić information content (AvgIpc) is 2.84. The van der Waals surface area contributed by atoms with Gasteiger partial charge in [-0.15, -0.1) is 0 Å². The molecule has 2 rings (SSSR count). The fourth-order valence-electron chi connectivity index (χ4n) is 2.44. The van der Waals surface area contributed by atoms with E-state index in [1.54, 1.807) is 6.07 Å². The van der Waals surface area contributed by atoms with Gasteiger partial charge in [-0.3, -0.25) is 0 Å². The van der Waals surface area contributed by atoms with E-state index < -0.39 is 0 Å². The maximum atomic E-state index is 9.08. The predicted octanol–water partition coefficient (Wildman–Crippen LogP) is 2.04. The third-order valence-corrected chi connectivity index (χ3v) is 3.30. The Kier molecular flexibility index (Phi) is 4.06. The van der Waals surface area contributed by atoms with Gasteiger partial charge in [-0.2, -0.15) is 5.26 Å². The summed E-state index contributed by atoms with van der Waals surface area (Å²) in [5.74, 6) is 0. The number of anilines is 2. The van der Waals surface area contributed by atoms with Crippen LogP contribution in [0.25, 0.3) is 0 Å². The zero-order chi connectivity index (χ0) is 13.0. The molecule has 4 nitrogen and oxygen atoms in total. The normalized spacial score (nSPS) is 17.3. The zero-order valence-electron chi connectivity index (χ0n) is 10.8. The zero-order valence-corrected chi connectivity index (χ0v) is 10.8. The highest BCUT2D eigenvalue weighted by atomic mass is 15.2. The summed E-state index contributed by atoms with van der Waals surface area (Å²) in [6, 6.07) is 7.93. The van der Waals surface area contributed by atoms with Gasteiger partial charge in [0, 0.05) is 18.3 Å². The molecule has 1 unspecified atom stereocenters. The van der Waals surface area contributed by atoms with E-state index in [4.69, 9.17) is 11.0 Å². The van der Waals surface area contributed by atoms with Crippen LogP contribution >= 0.6 is 0 Å². The fourth-order valence-corrected chi connectivity index (χ4v) is 2.44. The number of rotatable bonds is 4. The average molecular weight is 244 g/mol. The van der Waals surface area contributed by atoms with E-state index >= 15 is 0 Å². The van der Waals surface area contributed by atoms with Crippen molar-refractivity contribution in [3.8, 4) is 6.07 Å². The first kappa shape index (κ1) is 12.7. The number of hydrogen-bond acceptors (Lipinski definition) is 4. The lowest BCUT2D eigenvalue weighted by molar-refractivity contribution is 0.328. The molecule has 18 heavy (non-hydrogen) atoms. The topological polar surface area (TPSA) is 65.1 Å². The van der Waals surface area contributed by atoms with Crippen LogP contribution in [-0.4, -0.2) is 30.6 Å². The van der Waals surface area contributed by atoms with E-state index in [2.05, 4.69) is 23.2 Å². The summed E-state index contributed by atoms with van der Waals surface area (Å²) in [6.45, 7) is 5.56. The van der Waals surface area contributed by atoms with Crippen molar-refractivity contribution in [3.63, 3.8) is 0 Å². The molecular formula is C14H20N4. The van der Waals surface area contributed by atoms with Crippen LogP contribution in [0.2, 0.25) is 0 Å². The van der Waals surface area contributed by atoms with Gasteiger partial charge >= 0.3 is 0 Å². The molecule has 0 aromatic heterocycles. The Morgan fingerprint density at radius 2 is 2.17 bits per heavy atom. The molecule has 1 heterocycles. The highest BCUT2D eigenvalue weighted by Crippen LogP contribution is 2.19. The monoisotopic (exact) mass is 244 g/mol. The predicted molar refractivity (Wildman–Crippen MR) is 74.3 cm³/mol. The summed E-state index contributed by atoms with van der Waals surface area (Å²) in [4.78, 5) is 2.46. The van der Waals surface area contributed by atoms with Crippen molar-refractivity contribution in [2.75, 3.05) is 30.7 Å². The smallest absolute Gasteiger partial charge is 0.101 e. The SMILES string of the molecule is CC(CN1CCCC1)Nc1ccc(N)cc1C#N. The standard InChI is InChI=1S/C14H20N4/c1-11(10-18-6-2-3-7-18)17-14-5-4-13(16)8-12(14)9-15/h4-5,8,11,17H,2-3,6-7,10,16H2,1H3. The van der Waals surface area contributed by atoms with Crippen LogP contribution in [0.15, 0.2) is 18.2 Å². The molecule has 96 valence electrons. The van der Waals surface area contributed by atoms with Crippen molar-refractivity contribution in [2.24, 2.45) is 0 Å². The van der Waals surface area contributed by atoms with E-state index in [0.717, 1.165) is 12.2 Å².